The van der Waals surface area contributed by atoms with Crippen molar-refractivity contribution in [2.45, 2.75) is 31.8 Å². The van der Waals surface area contributed by atoms with Crippen LogP contribution in [0.25, 0.3) is 11.3 Å². The van der Waals surface area contributed by atoms with Crippen LogP contribution in [0.4, 0.5) is 11.4 Å². The smallest absolute Gasteiger partial charge is 0.335 e. The Balaban J connectivity index is 1.36. The quantitative estimate of drug-likeness (QED) is 0.237. The lowest BCUT2D eigenvalue weighted by molar-refractivity contribution is 0.0697. The Morgan fingerprint density at radius 2 is 1.85 bits per heavy atom. The molecule has 6 rings (SSSR count). The monoisotopic (exact) mass is 572 g/mol. The second-order valence-corrected chi connectivity index (χ2v) is 11.2. The minimum Gasteiger partial charge on any atom is -0.478 e. The molecule has 4 heterocycles. The number of benzene rings is 2. The van der Waals surface area contributed by atoms with E-state index >= 15 is 0 Å². The molecule has 2 aromatic carbocycles. The molecule has 2 fully saturated rings. The number of rotatable bonds is 6. The molecular weight excluding hydrogens is 544 g/mol. The van der Waals surface area contributed by atoms with E-state index in [1.54, 1.807) is 30.5 Å². The maximum atomic E-state index is 11.3. The Bertz CT molecular complexity index is 1530. The number of piperidine rings is 1. The van der Waals surface area contributed by atoms with Crippen molar-refractivity contribution in [3.05, 3.63) is 101 Å². The molecule has 9 heteroatoms. The van der Waals surface area contributed by atoms with Gasteiger partial charge in [0.15, 0.2) is 5.11 Å². The SMILES string of the molecule is CC1CCN(c2ccc(N3C(=S)N[C@H](c4ccccn4)[C@@H]3c3ccc(-c4ccc(C(=O)O)cc4)o3)cc2Cl)CC1. The van der Waals surface area contributed by atoms with Gasteiger partial charge in [0, 0.05) is 30.5 Å². The van der Waals surface area contributed by atoms with E-state index < -0.39 is 5.97 Å². The van der Waals surface area contributed by atoms with Crippen LogP contribution in [0.15, 0.2) is 83.4 Å². The molecule has 2 aliphatic heterocycles. The number of aromatic carboxylic acids is 1. The molecule has 0 spiro atoms. The van der Waals surface area contributed by atoms with E-state index in [-0.39, 0.29) is 17.6 Å². The van der Waals surface area contributed by atoms with E-state index in [0.29, 0.717) is 21.7 Å². The Hall–Kier alpha value is -3.88. The third-order valence-corrected chi connectivity index (χ3v) is 8.38. The first kappa shape index (κ1) is 26.3. The van der Waals surface area contributed by atoms with Gasteiger partial charge >= 0.3 is 5.97 Å². The highest BCUT2D eigenvalue weighted by molar-refractivity contribution is 7.80. The number of anilines is 2. The van der Waals surface area contributed by atoms with Crippen LogP contribution in [0.3, 0.4) is 0 Å². The molecule has 2 aromatic heterocycles. The third kappa shape index (κ3) is 5.05. The van der Waals surface area contributed by atoms with Crippen molar-refractivity contribution in [3.8, 4) is 11.3 Å². The van der Waals surface area contributed by atoms with Crippen LogP contribution in [0.1, 0.15) is 53.7 Å². The molecule has 4 aromatic rings. The number of nitrogens with one attached hydrogen (secondary N) is 1. The predicted octanol–water partition coefficient (Wildman–Crippen LogP) is 7.11. The third-order valence-electron chi connectivity index (χ3n) is 7.77. The Labute approximate surface area is 243 Å². The molecule has 0 amide bonds. The molecule has 2 N–H and O–H groups in total. The Kier molecular flexibility index (Phi) is 7.21. The van der Waals surface area contributed by atoms with E-state index in [4.69, 9.17) is 28.2 Å². The lowest BCUT2D eigenvalue weighted by Gasteiger charge is -2.33. The largest absolute Gasteiger partial charge is 0.478 e. The van der Waals surface area contributed by atoms with Crippen molar-refractivity contribution in [3.63, 3.8) is 0 Å². The highest BCUT2D eigenvalue weighted by Gasteiger charge is 2.42. The number of thiocarbonyl (C=S) groups is 1. The second-order valence-electron chi connectivity index (χ2n) is 10.4. The fraction of sp³-hybridized carbons (Fsp3) is 0.258. The zero-order chi connectivity index (χ0) is 27.8. The van der Waals surface area contributed by atoms with Gasteiger partial charge in [-0.05, 0) is 85.6 Å². The van der Waals surface area contributed by atoms with Crippen LogP contribution in [-0.4, -0.2) is 34.3 Å². The molecule has 0 radical (unpaired) electrons. The van der Waals surface area contributed by atoms with Gasteiger partial charge < -0.3 is 24.6 Å². The van der Waals surface area contributed by atoms with Crippen molar-refractivity contribution in [1.29, 1.82) is 0 Å². The number of nitrogens with zero attached hydrogens (tertiary/aromatic N) is 3. The summed E-state index contributed by atoms with van der Waals surface area (Å²) in [5.41, 5.74) is 3.75. The van der Waals surface area contributed by atoms with Gasteiger partial charge in [0.1, 0.15) is 17.6 Å². The van der Waals surface area contributed by atoms with Gasteiger partial charge in [0.05, 0.1) is 28.0 Å². The van der Waals surface area contributed by atoms with Crippen molar-refractivity contribution >= 4 is 46.3 Å². The molecule has 2 atom stereocenters. The van der Waals surface area contributed by atoms with E-state index in [1.807, 2.05) is 41.3 Å². The predicted molar refractivity (Wildman–Crippen MR) is 161 cm³/mol. The van der Waals surface area contributed by atoms with Gasteiger partial charge in [-0.15, -0.1) is 0 Å². The fourth-order valence-electron chi connectivity index (χ4n) is 5.52. The number of carboxylic acid groups (broad SMARTS) is 1. The molecule has 0 bridgehead atoms. The summed E-state index contributed by atoms with van der Waals surface area (Å²) in [7, 11) is 0. The van der Waals surface area contributed by atoms with Crippen LogP contribution < -0.4 is 15.1 Å². The van der Waals surface area contributed by atoms with Gasteiger partial charge in [-0.1, -0.05) is 36.7 Å². The Morgan fingerprint density at radius 3 is 2.52 bits per heavy atom. The van der Waals surface area contributed by atoms with Gasteiger partial charge in [0.25, 0.3) is 0 Å². The average Bonchev–Trinajstić information content (AvgIpc) is 3.59. The summed E-state index contributed by atoms with van der Waals surface area (Å²) >= 11 is 12.7. The maximum Gasteiger partial charge on any atom is 0.335 e. The zero-order valence-corrected chi connectivity index (χ0v) is 23.5. The molecule has 2 saturated heterocycles. The Morgan fingerprint density at radius 1 is 1.07 bits per heavy atom. The number of aromatic nitrogens is 1. The minimum absolute atomic E-state index is 0.224. The summed E-state index contributed by atoms with van der Waals surface area (Å²) in [4.78, 5) is 20.3. The van der Waals surface area contributed by atoms with E-state index in [1.165, 1.54) is 0 Å². The van der Waals surface area contributed by atoms with Gasteiger partial charge in [0.2, 0.25) is 0 Å². The van der Waals surface area contributed by atoms with Crippen molar-refractivity contribution in [1.82, 2.24) is 10.3 Å². The number of hydrogen-bond donors (Lipinski definition) is 2. The molecule has 2 aliphatic rings. The van der Waals surface area contributed by atoms with Gasteiger partial charge in [-0.3, -0.25) is 4.98 Å². The molecule has 204 valence electrons. The van der Waals surface area contributed by atoms with Gasteiger partial charge in [-0.2, -0.15) is 0 Å². The summed E-state index contributed by atoms with van der Waals surface area (Å²) in [6.45, 7) is 4.29. The normalized spacial score (nSPS) is 19.6. The van der Waals surface area contributed by atoms with Crippen LogP contribution in [0, 0.1) is 5.92 Å². The van der Waals surface area contributed by atoms with Gasteiger partial charge in [-0.25, -0.2) is 4.79 Å². The number of furan rings is 1. The number of halogens is 1. The summed E-state index contributed by atoms with van der Waals surface area (Å²) < 4.78 is 6.41. The summed E-state index contributed by atoms with van der Waals surface area (Å²) in [5.74, 6) is 1.10. The molecule has 0 unspecified atom stereocenters. The number of carboxylic acids is 1. The van der Waals surface area contributed by atoms with Crippen LogP contribution in [0.2, 0.25) is 5.02 Å². The summed E-state index contributed by atoms with van der Waals surface area (Å²) in [5, 5.41) is 13.9. The lowest BCUT2D eigenvalue weighted by Crippen LogP contribution is -2.33. The lowest BCUT2D eigenvalue weighted by atomic mass is 9.98. The highest BCUT2D eigenvalue weighted by atomic mass is 35.5. The van der Waals surface area contributed by atoms with Crippen LogP contribution in [-0.2, 0) is 0 Å². The molecule has 0 saturated carbocycles. The van der Waals surface area contributed by atoms with Crippen molar-refractivity contribution < 1.29 is 14.3 Å². The molecular formula is C31H29ClN4O3S. The minimum atomic E-state index is -0.967. The number of pyridine rings is 1. The standard InChI is InChI=1S/C31H29ClN4O3S/c1-19-13-16-35(17-14-19)25-10-9-22(18-23(25)32)36-29(28(34-31(36)40)24-4-2-3-15-33-24)27-12-11-26(39-27)20-5-7-21(8-6-20)30(37)38/h2-12,15,18-19,28-29H,13-14,16-17H2,1H3,(H,34,40)(H,37,38)/t28-,29+/m1/s1. The van der Waals surface area contributed by atoms with Crippen LogP contribution >= 0.6 is 23.8 Å². The first-order chi connectivity index (χ1) is 19.4. The molecule has 7 nitrogen and oxygen atoms in total. The zero-order valence-electron chi connectivity index (χ0n) is 22.0. The van der Waals surface area contributed by atoms with E-state index in [0.717, 1.165) is 54.5 Å². The first-order valence-electron chi connectivity index (χ1n) is 13.4. The second kappa shape index (κ2) is 10.9. The maximum absolute atomic E-state index is 11.3. The summed E-state index contributed by atoms with van der Waals surface area (Å²) in [6.07, 6.45) is 4.08. The molecule has 0 aliphatic carbocycles. The topological polar surface area (TPSA) is 81.8 Å². The van der Waals surface area contributed by atoms with Crippen molar-refractivity contribution in [2.24, 2.45) is 5.92 Å². The van der Waals surface area contributed by atoms with E-state index in [2.05, 4.69) is 34.3 Å². The molecule has 40 heavy (non-hydrogen) atoms. The van der Waals surface area contributed by atoms with Crippen LogP contribution in [0.5, 0.6) is 0 Å². The number of hydrogen-bond acceptors (Lipinski definition) is 5. The first-order valence-corrected chi connectivity index (χ1v) is 14.2. The van der Waals surface area contributed by atoms with E-state index in [9.17, 15) is 9.90 Å². The average molecular weight is 573 g/mol. The van der Waals surface area contributed by atoms with Crippen molar-refractivity contribution in [2.75, 3.05) is 22.9 Å². The number of carbonyl (C=O) groups is 1. The highest BCUT2D eigenvalue weighted by Crippen LogP contribution is 2.44. The fourth-order valence-corrected chi connectivity index (χ4v) is 6.16. The summed E-state index contributed by atoms with van der Waals surface area (Å²) in [6, 6.07) is 21.8.